The molecule has 0 spiro atoms. The molecule has 0 N–H and O–H groups in total. The van der Waals surface area contributed by atoms with Gasteiger partial charge in [-0.1, -0.05) is 36.4 Å². The van der Waals surface area contributed by atoms with Gasteiger partial charge in [0.15, 0.2) is 0 Å². The monoisotopic (exact) mass is 535 g/mol. The number of amides is 1. The number of anilines is 1. The topological polar surface area (TPSA) is 60.9 Å². The highest BCUT2D eigenvalue weighted by atomic mass is 32.2. The smallest absolute Gasteiger partial charge is 0.368 e. The zero-order chi connectivity index (χ0) is 25.5. The maximum Gasteiger partial charge on any atom is 0.416 e. The molecule has 0 saturated carbocycles. The van der Waals surface area contributed by atoms with Crippen LogP contribution in [-0.4, -0.2) is 55.8 Å². The van der Waals surface area contributed by atoms with Gasteiger partial charge in [0, 0.05) is 38.4 Å². The van der Waals surface area contributed by atoms with E-state index in [2.05, 4.69) is 0 Å². The summed E-state index contributed by atoms with van der Waals surface area (Å²) >= 11 is 1.11. The number of thiophene rings is 1. The van der Waals surface area contributed by atoms with Gasteiger partial charge < -0.3 is 9.80 Å². The number of carbonyl (C=O) groups excluding carboxylic acids is 1. The summed E-state index contributed by atoms with van der Waals surface area (Å²) in [5, 5.41) is 1.69. The van der Waals surface area contributed by atoms with E-state index in [4.69, 9.17) is 0 Å². The van der Waals surface area contributed by atoms with Crippen LogP contribution in [0, 0.1) is 0 Å². The van der Waals surface area contributed by atoms with E-state index in [-0.39, 0.29) is 23.1 Å². The average Bonchev–Trinajstić information content (AvgIpc) is 3.43. The molecule has 3 heterocycles. The van der Waals surface area contributed by atoms with Crippen molar-refractivity contribution in [2.24, 2.45) is 0 Å². The first-order chi connectivity index (χ1) is 17.1. The highest BCUT2D eigenvalue weighted by molar-refractivity contribution is 7.91. The summed E-state index contributed by atoms with van der Waals surface area (Å²) in [5.41, 5.74) is 1.55. The summed E-state index contributed by atoms with van der Waals surface area (Å²) in [6.45, 7) is 1.40. The molecule has 0 aliphatic carbocycles. The highest BCUT2D eigenvalue weighted by Gasteiger charge is 2.42. The molecule has 190 valence electrons. The summed E-state index contributed by atoms with van der Waals surface area (Å²) in [6.07, 6.45) is -4.16. The molecule has 36 heavy (non-hydrogen) atoms. The normalized spacial score (nSPS) is 19.2. The maximum atomic E-state index is 13.7. The molecule has 1 aromatic heterocycles. The van der Waals surface area contributed by atoms with Crippen molar-refractivity contribution in [2.75, 3.05) is 31.1 Å². The van der Waals surface area contributed by atoms with Crippen molar-refractivity contribution in [1.82, 2.24) is 9.21 Å². The van der Waals surface area contributed by atoms with Crippen LogP contribution in [0.4, 0.5) is 18.9 Å². The Labute approximate surface area is 211 Å². The first-order valence-electron chi connectivity index (χ1n) is 11.5. The van der Waals surface area contributed by atoms with E-state index in [1.54, 1.807) is 22.4 Å². The van der Waals surface area contributed by atoms with Gasteiger partial charge in [-0.3, -0.25) is 4.79 Å². The molecule has 3 aromatic rings. The summed E-state index contributed by atoms with van der Waals surface area (Å²) < 4.78 is 67.8. The van der Waals surface area contributed by atoms with Crippen LogP contribution < -0.4 is 4.90 Å². The third kappa shape index (κ3) is 4.74. The molecule has 6 nitrogen and oxygen atoms in total. The van der Waals surface area contributed by atoms with E-state index in [0.29, 0.717) is 31.9 Å². The van der Waals surface area contributed by atoms with Crippen molar-refractivity contribution in [1.29, 1.82) is 0 Å². The summed E-state index contributed by atoms with van der Waals surface area (Å²) in [6, 6.07) is 15.0. The zero-order valence-corrected chi connectivity index (χ0v) is 20.8. The van der Waals surface area contributed by atoms with E-state index in [1.807, 2.05) is 29.2 Å². The number of sulfonamides is 1. The number of carbonyl (C=O) groups is 1. The predicted octanol–water partition coefficient (Wildman–Crippen LogP) is 4.23. The van der Waals surface area contributed by atoms with Gasteiger partial charge in [0.2, 0.25) is 5.91 Å². The first-order valence-corrected chi connectivity index (χ1v) is 13.8. The van der Waals surface area contributed by atoms with Crippen molar-refractivity contribution in [3.8, 4) is 0 Å². The Morgan fingerprint density at radius 2 is 1.64 bits per heavy atom. The molecule has 1 amide bonds. The third-order valence-corrected chi connectivity index (χ3v) is 9.91. The first kappa shape index (κ1) is 24.8. The van der Waals surface area contributed by atoms with Crippen LogP contribution in [0.5, 0.6) is 0 Å². The van der Waals surface area contributed by atoms with Crippen molar-refractivity contribution >= 4 is 33.0 Å². The van der Waals surface area contributed by atoms with Crippen molar-refractivity contribution < 1.29 is 26.4 Å². The van der Waals surface area contributed by atoms with Gasteiger partial charge in [-0.2, -0.15) is 17.5 Å². The van der Waals surface area contributed by atoms with Crippen molar-refractivity contribution in [3.05, 3.63) is 82.7 Å². The van der Waals surface area contributed by atoms with E-state index in [9.17, 15) is 26.4 Å². The molecule has 1 saturated heterocycles. The molecular weight excluding hydrogens is 511 g/mol. The molecule has 0 bridgehead atoms. The van der Waals surface area contributed by atoms with Crippen LogP contribution in [0.2, 0.25) is 0 Å². The van der Waals surface area contributed by atoms with E-state index < -0.39 is 27.8 Å². The molecule has 2 aliphatic heterocycles. The highest BCUT2D eigenvalue weighted by Crippen LogP contribution is 2.33. The van der Waals surface area contributed by atoms with Gasteiger partial charge in [-0.15, -0.1) is 11.3 Å². The Balaban J connectivity index is 1.36. The quantitative estimate of drug-likeness (QED) is 0.502. The van der Waals surface area contributed by atoms with Gasteiger partial charge in [0.1, 0.15) is 10.3 Å². The number of benzene rings is 2. The second-order valence-electron chi connectivity index (χ2n) is 8.83. The maximum absolute atomic E-state index is 13.7. The number of fused-ring (bicyclic) bond motifs is 1. The van der Waals surface area contributed by atoms with Crippen LogP contribution in [-0.2, 0) is 34.0 Å². The number of hydrogen-bond acceptors (Lipinski definition) is 5. The van der Waals surface area contributed by atoms with Crippen LogP contribution in [0.15, 0.2) is 70.3 Å². The van der Waals surface area contributed by atoms with Gasteiger partial charge in [-0.25, -0.2) is 8.42 Å². The lowest BCUT2D eigenvalue weighted by molar-refractivity contribution is -0.137. The summed E-state index contributed by atoms with van der Waals surface area (Å²) in [7, 11) is -3.88. The van der Waals surface area contributed by atoms with Crippen molar-refractivity contribution in [3.63, 3.8) is 0 Å². The summed E-state index contributed by atoms with van der Waals surface area (Å²) in [4.78, 5) is 17.1. The number of hydrogen-bond donors (Lipinski definition) is 0. The van der Waals surface area contributed by atoms with Crippen LogP contribution in [0.25, 0.3) is 0 Å². The van der Waals surface area contributed by atoms with Gasteiger partial charge in [0.05, 0.1) is 5.56 Å². The Bertz CT molecular complexity index is 1350. The van der Waals surface area contributed by atoms with Gasteiger partial charge in [-0.05, 0) is 47.2 Å². The minimum atomic E-state index is -4.43. The Hall–Kier alpha value is -2.89. The molecule has 11 heteroatoms. The van der Waals surface area contributed by atoms with Crippen LogP contribution in [0.3, 0.4) is 0 Å². The van der Waals surface area contributed by atoms with Gasteiger partial charge >= 0.3 is 6.18 Å². The van der Waals surface area contributed by atoms with Crippen molar-refractivity contribution in [2.45, 2.75) is 29.4 Å². The minimum absolute atomic E-state index is 0.108. The number of nitrogens with zero attached hydrogens (tertiary/aromatic N) is 3. The second kappa shape index (κ2) is 9.53. The number of piperazine rings is 1. The lowest BCUT2D eigenvalue weighted by atomic mass is 9.95. The van der Waals surface area contributed by atoms with Crippen LogP contribution in [0.1, 0.15) is 16.7 Å². The van der Waals surface area contributed by atoms with E-state index in [0.717, 1.165) is 34.6 Å². The Kier molecular flexibility index (Phi) is 6.56. The SMILES string of the molecule is O=C(C1Cc2ccccc2CN1S(=O)(=O)c1cccs1)N1CCN(c2cccc(C(F)(F)F)c2)CC1. The molecule has 1 fully saturated rings. The largest absolute Gasteiger partial charge is 0.416 e. The predicted molar refractivity (Wildman–Crippen MR) is 131 cm³/mol. The standard InChI is InChI=1S/C25H24F3N3O3S2/c26-25(27,28)20-7-3-8-21(16-20)29-10-12-30(13-11-29)24(32)22-15-18-5-1-2-6-19(18)17-31(22)36(33,34)23-9-4-14-35-23/h1-9,14,16,22H,10-13,15,17H2. The van der Waals surface area contributed by atoms with Gasteiger partial charge in [0.25, 0.3) is 10.0 Å². The number of rotatable bonds is 4. The fourth-order valence-corrected chi connectivity index (χ4v) is 7.44. The molecule has 2 aliphatic rings. The number of alkyl halides is 3. The zero-order valence-electron chi connectivity index (χ0n) is 19.2. The van der Waals surface area contributed by atoms with E-state index >= 15 is 0 Å². The second-order valence-corrected chi connectivity index (χ2v) is 11.9. The third-order valence-electron chi connectivity index (χ3n) is 6.68. The molecular formula is C25H24F3N3O3S2. The molecule has 1 unspecified atom stereocenters. The molecule has 1 atom stereocenters. The Morgan fingerprint density at radius 1 is 0.917 bits per heavy atom. The molecule has 5 rings (SSSR count). The minimum Gasteiger partial charge on any atom is -0.368 e. The summed E-state index contributed by atoms with van der Waals surface area (Å²) in [5.74, 6) is -0.284. The lowest BCUT2D eigenvalue weighted by Crippen LogP contribution is -2.57. The van der Waals surface area contributed by atoms with E-state index in [1.165, 1.54) is 16.4 Å². The molecule has 2 aromatic carbocycles. The molecule has 0 radical (unpaired) electrons. The fourth-order valence-electron chi connectivity index (χ4n) is 4.76. The Morgan fingerprint density at radius 3 is 2.31 bits per heavy atom. The average molecular weight is 536 g/mol. The lowest BCUT2D eigenvalue weighted by Gasteiger charge is -2.41. The van der Waals surface area contributed by atoms with Crippen LogP contribution >= 0.6 is 11.3 Å². The number of halogens is 3. The fraction of sp³-hybridized carbons (Fsp3) is 0.320.